The number of aromatic hydroxyl groups is 1. The van der Waals surface area contributed by atoms with Crippen LogP contribution >= 0.6 is 0 Å². The average Bonchev–Trinajstić information content (AvgIpc) is 2.49. The van der Waals surface area contributed by atoms with Crippen LogP contribution in [0, 0.1) is 0 Å². The van der Waals surface area contributed by atoms with Gasteiger partial charge in [-0.3, -0.25) is 4.79 Å². The molecular formula is C17H25NO5. The van der Waals surface area contributed by atoms with E-state index in [0.717, 1.165) is 5.56 Å². The lowest BCUT2D eigenvalue weighted by molar-refractivity contribution is -0.159. The first-order valence-electron chi connectivity index (χ1n) is 7.49. The fourth-order valence-electron chi connectivity index (χ4n) is 2.45. The van der Waals surface area contributed by atoms with Crippen LogP contribution in [0.3, 0.4) is 0 Å². The molecule has 0 spiro atoms. The summed E-state index contributed by atoms with van der Waals surface area (Å²) in [6.07, 6.45) is 0.667. The Bertz CT molecular complexity index is 533. The fourth-order valence-corrected chi connectivity index (χ4v) is 2.45. The highest BCUT2D eigenvalue weighted by molar-refractivity contribution is 5.85. The first kappa shape index (κ1) is 19.0. The minimum atomic E-state index is -1.02. The van der Waals surface area contributed by atoms with E-state index in [0.29, 0.717) is 6.42 Å². The minimum Gasteiger partial charge on any atom is -0.508 e. The average molecular weight is 323 g/mol. The maximum Gasteiger partial charge on any atom is 0.331 e. The van der Waals surface area contributed by atoms with Gasteiger partial charge in [0, 0.05) is 12.0 Å². The summed E-state index contributed by atoms with van der Waals surface area (Å²) in [5.41, 5.74) is 0.275. The first-order chi connectivity index (χ1) is 10.7. The molecule has 128 valence electrons. The highest BCUT2D eigenvalue weighted by Gasteiger charge is 2.37. The molecular weight excluding hydrogens is 298 g/mol. The molecule has 2 N–H and O–H groups in total. The summed E-state index contributed by atoms with van der Waals surface area (Å²) in [5, 5.41) is 18.8. The number of nitrogens with zero attached hydrogens (tertiary/aromatic N) is 1. The Hall–Kier alpha value is -2.08. The van der Waals surface area contributed by atoms with Gasteiger partial charge in [-0.1, -0.05) is 12.1 Å². The number of rotatable bonds is 6. The van der Waals surface area contributed by atoms with Gasteiger partial charge < -0.3 is 19.8 Å². The lowest BCUT2D eigenvalue weighted by atomic mass is 10.0. The number of methoxy groups -OCH3 is 1. The summed E-state index contributed by atoms with van der Waals surface area (Å²) >= 11 is 0. The summed E-state index contributed by atoms with van der Waals surface area (Å²) in [5.74, 6) is -0.710. The van der Waals surface area contributed by atoms with Crippen molar-refractivity contribution in [2.24, 2.45) is 0 Å². The van der Waals surface area contributed by atoms with E-state index < -0.39 is 24.2 Å². The van der Waals surface area contributed by atoms with Crippen LogP contribution in [-0.2, 0) is 20.7 Å². The van der Waals surface area contributed by atoms with Crippen LogP contribution in [0.2, 0.25) is 0 Å². The molecule has 0 bridgehead atoms. The molecule has 0 saturated heterocycles. The Balaban J connectivity index is 2.87. The maximum absolute atomic E-state index is 12.6. The Morgan fingerprint density at radius 2 is 1.78 bits per heavy atom. The number of amides is 1. The van der Waals surface area contributed by atoms with E-state index in [-0.39, 0.29) is 18.1 Å². The number of hydrogen-bond donors (Lipinski definition) is 2. The minimum absolute atomic E-state index is 0.169. The second kappa shape index (κ2) is 7.97. The SMILES string of the molecule is COC(=O)C(CO)N(C(=O)CCc1ccc(O)cc1)C(C)(C)C. The third-order valence-corrected chi connectivity index (χ3v) is 3.51. The summed E-state index contributed by atoms with van der Waals surface area (Å²) in [4.78, 5) is 25.8. The van der Waals surface area contributed by atoms with Gasteiger partial charge in [-0.25, -0.2) is 4.79 Å². The van der Waals surface area contributed by atoms with Crippen molar-refractivity contribution in [3.05, 3.63) is 29.8 Å². The predicted octanol–water partition coefficient (Wildman–Crippen LogP) is 1.49. The number of carbonyl (C=O) groups is 2. The fraction of sp³-hybridized carbons (Fsp3) is 0.529. The molecule has 0 aliphatic carbocycles. The molecule has 1 atom stereocenters. The summed E-state index contributed by atoms with van der Waals surface area (Å²) in [7, 11) is 1.23. The zero-order valence-electron chi connectivity index (χ0n) is 14.1. The van der Waals surface area contributed by atoms with Gasteiger partial charge in [0.15, 0.2) is 6.04 Å². The number of phenols is 1. The molecule has 0 aliphatic heterocycles. The lowest BCUT2D eigenvalue weighted by Crippen LogP contribution is -2.56. The molecule has 0 aliphatic rings. The van der Waals surface area contributed by atoms with Crippen molar-refractivity contribution in [2.75, 3.05) is 13.7 Å². The van der Waals surface area contributed by atoms with Crippen molar-refractivity contribution in [3.8, 4) is 5.75 Å². The Morgan fingerprint density at radius 3 is 2.22 bits per heavy atom. The van der Waals surface area contributed by atoms with Crippen LogP contribution in [0.25, 0.3) is 0 Å². The molecule has 1 amide bonds. The Labute approximate surface area is 136 Å². The monoisotopic (exact) mass is 323 g/mol. The third-order valence-electron chi connectivity index (χ3n) is 3.51. The lowest BCUT2D eigenvalue weighted by Gasteiger charge is -2.39. The van der Waals surface area contributed by atoms with E-state index >= 15 is 0 Å². The van der Waals surface area contributed by atoms with Crippen LogP contribution in [0.1, 0.15) is 32.8 Å². The number of hydrogen-bond acceptors (Lipinski definition) is 5. The number of carbonyl (C=O) groups excluding carboxylic acids is 2. The van der Waals surface area contributed by atoms with Crippen molar-refractivity contribution in [2.45, 2.75) is 45.2 Å². The van der Waals surface area contributed by atoms with Crippen LogP contribution in [-0.4, -0.2) is 52.3 Å². The van der Waals surface area contributed by atoms with Gasteiger partial charge in [-0.15, -0.1) is 0 Å². The highest BCUT2D eigenvalue weighted by atomic mass is 16.5. The first-order valence-corrected chi connectivity index (χ1v) is 7.49. The van der Waals surface area contributed by atoms with Crippen molar-refractivity contribution < 1.29 is 24.5 Å². The van der Waals surface area contributed by atoms with E-state index in [1.54, 1.807) is 45.0 Å². The maximum atomic E-state index is 12.6. The van der Waals surface area contributed by atoms with Crippen molar-refractivity contribution in [1.82, 2.24) is 4.90 Å². The van der Waals surface area contributed by atoms with Crippen molar-refractivity contribution in [1.29, 1.82) is 0 Å². The van der Waals surface area contributed by atoms with E-state index in [4.69, 9.17) is 0 Å². The number of aryl methyl sites for hydroxylation is 1. The predicted molar refractivity (Wildman–Crippen MR) is 85.9 cm³/mol. The van der Waals surface area contributed by atoms with Crippen LogP contribution in [0.15, 0.2) is 24.3 Å². The zero-order chi connectivity index (χ0) is 17.6. The quantitative estimate of drug-likeness (QED) is 0.775. The van der Waals surface area contributed by atoms with Crippen molar-refractivity contribution in [3.63, 3.8) is 0 Å². The van der Waals surface area contributed by atoms with Crippen LogP contribution in [0.5, 0.6) is 5.75 Å². The van der Waals surface area contributed by atoms with E-state index in [9.17, 15) is 19.8 Å². The molecule has 0 radical (unpaired) electrons. The van der Waals surface area contributed by atoms with E-state index in [2.05, 4.69) is 4.74 Å². The Morgan fingerprint density at radius 1 is 1.22 bits per heavy atom. The number of benzene rings is 1. The van der Waals surface area contributed by atoms with Gasteiger partial charge in [-0.2, -0.15) is 0 Å². The number of aliphatic hydroxyl groups is 1. The van der Waals surface area contributed by atoms with Gasteiger partial charge in [0.1, 0.15) is 5.75 Å². The normalized spacial score (nSPS) is 12.6. The number of phenolic OH excluding ortho intramolecular Hbond substituents is 1. The van der Waals surface area contributed by atoms with Crippen LogP contribution < -0.4 is 0 Å². The van der Waals surface area contributed by atoms with Gasteiger partial charge in [0.2, 0.25) is 5.91 Å². The van der Waals surface area contributed by atoms with E-state index in [1.807, 2.05) is 0 Å². The standard InChI is InChI=1S/C17H25NO5/c1-17(2,3)18(14(11-19)16(22)23-4)15(21)10-7-12-5-8-13(20)9-6-12/h5-6,8-9,14,19-20H,7,10-11H2,1-4H3. The van der Waals surface area contributed by atoms with Crippen molar-refractivity contribution >= 4 is 11.9 Å². The molecule has 1 unspecified atom stereocenters. The smallest absolute Gasteiger partial charge is 0.331 e. The molecule has 0 aromatic heterocycles. The highest BCUT2D eigenvalue weighted by Crippen LogP contribution is 2.21. The van der Waals surface area contributed by atoms with Gasteiger partial charge in [-0.05, 0) is 44.9 Å². The zero-order valence-corrected chi connectivity index (χ0v) is 14.1. The molecule has 1 aromatic rings. The molecule has 1 rings (SSSR count). The molecule has 0 fully saturated rings. The molecule has 0 heterocycles. The molecule has 0 saturated carbocycles. The molecule has 6 nitrogen and oxygen atoms in total. The Kier molecular flexibility index (Phi) is 6.57. The third kappa shape index (κ3) is 5.25. The van der Waals surface area contributed by atoms with Crippen LogP contribution in [0.4, 0.5) is 0 Å². The number of ether oxygens (including phenoxy) is 1. The largest absolute Gasteiger partial charge is 0.508 e. The second-order valence-electron chi connectivity index (χ2n) is 6.32. The van der Waals surface area contributed by atoms with E-state index in [1.165, 1.54) is 12.0 Å². The summed E-state index contributed by atoms with van der Waals surface area (Å²) in [6.45, 7) is 4.92. The molecule has 23 heavy (non-hydrogen) atoms. The number of esters is 1. The van der Waals surface area contributed by atoms with Gasteiger partial charge in [0.05, 0.1) is 13.7 Å². The molecule has 6 heteroatoms. The van der Waals surface area contributed by atoms with Gasteiger partial charge >= 0.3 is 5.97 Å². The summed E-state index contributed by atoms with van der Waals surface area (Å²) < 4.78 is 4.68. The van der Waals surface area contributed by atoms with Gasteiger partial charge in [0.25, 0.3) is 0 Å². The summed E-state index contributed by atoms with van der Waals surface area (Å²) in [6, 6.07) is 5.59. The number of aliphatic hydroxyl groups excluding tert-OH is 1. The molecule has 1 aromatic carbocycles. The topological polar surface area (TPSA) is 87.1 Å². The second-order valence-corrected chi connectivity index (χ2v) is 6.32.